The second-order valence-electron chi connectivity index (χ2n) is 2.88. The van der Waals surface area contributed by atoms with E-state index in [1.54, 1.807) is 0 Å². The van der Waals surface area contributed by atoms with Crippen molar-refractivity contribution in [2.75, 3.05) is 11.6 Å². The van der Waals surface area contributed by atoms with Crippen molar-refractivity contribution < 1.29 is 13.3 Å². The lowest BCUT2D eigenvalue weighted by molar-refractivity contribution is -0.387. The summed E-state index contributed by atoms with van der Waals surface area (Å²) in [5.74, 6) is -0.424. The van der Waals surface area contributed by atoms with Crippen LogP contribution in [0.2, 0.25) is 0 Å². The minimum atomic E-state index is -3.70. The second kappa shape index (κ2) is 5.11. The Balaban J connectivity index is 3.39. The lowest BCUT2D eigenvalue weighted by atomic mass is 10.3. The molecule has 1 rings (SSSR count). The van der Waals surface area contributed by atoms with Crippen LogP contribution in [0.4, 0.5) is 5.69 Å². The largest absolute Gasteiger partial charge is 0.289 e. The molecule has 0 aliphatic heterocycles. The molecular formula is C8H7BrClNO4S. The van der Waals surface area contributed by atoms with Gasteiger partial charge in [0, 0.05) is 16.4 Å². The van der Waals surface area contributed by atoms with Crippen LogP contribution >= 0.6 is 27.5 Å². The van der Waals surface area contributed by atoms with Gasteiger partial charge >= 0.3 is 0 Å². The van der Waals surface area contributed by atoms with Crippen LogP contribution in [0.3, 0.4) is 0 Å². The number of nitro benzene ring substituents is 1. The van der Waals surface area contributed by atoms with Crippen molar-refractivity contribution >= 4 is 43.1 Å². The zero-order chi connectivity index (χ0) is 12.3. The fraction of sp³-hybridized carbons (Fsp3) is 0.250. The van der Waals surface area contributed by atoms with E-state index in [0.29, 0.717) is 4.47 Å². The maximum Gasteiger partial charge on any atom is 0.289 e. The van der Waals surface area contributed by atoms with Crippen molar-refractivity contribution in [1.82, 2.24) is 0 Å². The van der Waals surface area contributed by atoms with E-state index in [0.717, 1.165) is 6.07 Å². The summed E-state index contributed by atoms with van der Waals surface area (Å²) >= 11 is 8.39. The normalized spacial score (nSPS) is 11.4. The first kappa shape index (κ1) is 13.4. The first-order valence-electron chi connectivity index (χ1n) is 4.11. The number of alkyl halides is 1. The number of hydrogen-bond donors (Lipinski definition) is 0. The topological polar surface area (TPSA) is 77.3 Å². The van der Waals surface area contributed by atoms with E-state index in [2.05, 4.69) is 15.9 Å². The third-order valence-electron chi connectivity index (χ3n) is 1.80. The first-order valence-corrected chi connectivity index (χ1v) is 7.09. The van der Waals surface area contributed by atoms with Gasteiger partial charge in [-0.1, -0.05) is 15.9 Å². The van der Waals surface area contributed by atoms with Gasteiger partial charge in [-0.2, -0.15) is 0 Å². The summed E-state index contributed by atoms with van der Waals surface area (Å²) in [5, 5.41) is 10.7. The number of sulfone groups is 1. The molecule has 0 aliphatic rings. The van der Waals surface area contributed by atoms with Gasteiger partial charge in [0.1, 0.15) is 4.90 Å². The van der Waals surface area contributed by atoms with Gasteiger partial charge in [-0.3, -0.25) is 10.1 Å². The number of nitrogens with zero attached hydrogens (tertiary/aromatic N) is 1. The highest BCUT2D eigenvalue weighted by molar-refractivity contribution is 9.10. The van der Waals surface area contributed by atoms with Gasteiger partial charge < -0.3 is 0 Å². The molecule has 0 radical (unpaired) electrons. The number of benzene rings is 1. The zero-order valence-electron chi connectivity index (χ0n) is 7.89. The minimum absolute atomic E-state index is 0.102. The summed E-state index contributed by atoms with van der Waals surface area (Å²) in [6.45, 7) is 0. The molecule has 0 saturated heterocycles. The Morgan fingerprint density at radius 1 is 1.44 bits per heavy atom. The molecule has 0 N–H and O–H groups in total. The van der Waals surface area contributed by atoms with E-state index >= 15 is 0 Å². The Morgan fingerprint density at radius 2 is 2.06 bits per heavy atom. The van der Waals surface area contributed by atoms with E-state index in [4.69, 9.17) is 11.6 Å². The van der Waals surface area contributed by atoms with Crippen LogP contribution in [0.15, 0.2) is 27.6 Å². The van der Waals surface area contributed by atoms with E-state index in [-0.39, 0.29) is 16.5 Å². The average molecular weight is 329 g/mol. The predicted molar refractivity (Wildman–Crippen MR) is 63.6 cm³/mol. The molecule has 0 saturated carbocycles. The van der Waals surface area contributed by atoms with Crippen LogP contribution in [-0.2, 0) is 9.84 Å². The van der Waals surface area contributed by atoms with Crippen LogP contribution in [0.1, 0.15) is 0 Å². The van der Waals surface area contributed by atoms with Crippen LogP contribution in [-0.4, -0.2) is 25.0 Å². The Kier molecular flexibility index (Phi) is 4.28. The molecular weight excluding hydrogens is 322 g/mol. The summed E-state index contributed by atoms with van der Waals surface area (Å²) in [7, 11) is -3.70. The van der Waals surface area contributed by atoms with Gasteiger partial charge in [-0.05, 0) is 12.1 Å². The Morgan fingerprint density at radius 3 is 2.56 bits per heavy atom. The molecule has 1 aromatic rings. The smallest absolute Gasteiger partial charge is 0.258 e. The standard InChI is InChI=1S/C8H7BrClNO4S/c9-6-1-2-8(7(5-6)11(12)13)16(14,15)4-3-10/h1-2,5H,3-4H2. The van der Waals surface area contributed by atoms with Gasteiger partial charge in [0.15, 0.2) is 9.84 Å². The predicted octanol–water partition coefficient (Wildman–Crippen LogP) is 2.37. The first-order chi connectivity index (χ1) is 7.38. The van der Waals surface area contributed by atoms with Crippen molar-refractivity contribution in [2.24, 2.45) is 0 Å². The quantitative estimate of drug-likeness (QED) is 0.483. The minimum Gasteiger partial charge on any atom is -0.258 e. The second-order valence-corrected chi connectivity index (χ2v) is 6.25. The molecule has 5 nitrogen and oxygen atoms in total. The highest BCUT2D eigenvalue weighted by Gasteiger charge is 2.25. The van der Waals surface area contributed by atoms with Crippen molar-refractivity contribution in [1.29, 1.82) is 0 Å². The molecule has 0 heterocycles. The summed E-state index contributed by atoms with van der Waals surface area (Å²) < 4.78 is 23.8. The lowest BCUT2D eigenvalue weighted by Crippen LogP contribution is -2.10. The molecule has 88 valence electrons. The van der Waals surface area contributed by atoms with Crippen LogP contribution in [0.25, 0.3) is 0 Å². The molecule has 0 aromatic heterocycles. The molecule has 0 amide bonds. The molecule has 0 fully saturated rings. The van der Waals surface area contributed by atoms with E-state index in [1.807, 2.05) is 0 Å². The monoisotopic (exact) mass is 327 g/mol. The molecule has 0 aliphatic carbocycles. The third-order valence-corrected chi connectivity index (χ3v) is 4.46. The van der Waals surface area contributed by atoms with Crippen LogP contribution in [0.5, 0.6) is 0 Å². The molecule has 0 spiro atoms. The molecule has 0 unspecified atom stereocenters. The van der Waals surface area contributed by atoms with E-state index < -0.39 is 20.4 Å². The van der Waals surface area contributed by atoms with Crippen molar-refractivity contribution in [3.05, 3.63) is 32.8 Å². The Labute approximate surface area is 106 Å². The fourth-order valence-corrected chi connectivity index (χ4v) is 3.22. The van der Waals surface area contributed by atoms with Gasteiger partial charge in [0.25, 0.3) is 5.69 Å². The van der Waals surface area contributed by atoms with Crippen LogP contribution < -0.4 is 0 Å². The summed E-state index contributed by atoms with van der Waals surface area (Å²) in [6.07, 6.45) is 0. The number of nitro groups is 1. The van der Waals surface area contributed by atoms with Gasteiger partial charge in [-0.15, -0.1) is 11.6 Å². The van der Waals surface area contributed by atoms with Crippen LogP contribution in [0, 0.1) is 10.1 Å². The number of rotatable bonds is 4. The maximum absolute atomic E-state index is 11.7. The van der Waals surface area contributed by atoms with E-state index in [9.17, 15) is 18.5 Å². The van der Waals surface area contributed by atoms with Crippen molar-refractivity contribution in [2.45, 2.75) is 4.90 Å². The molecule has 1 aromatic carbocycles. The third kappa shape index (κ3) is 2.93. The number of hydrogen-bond acceptors (Lipinski definition) is 4. The van der Waals surface area contributed by atoms with Gasteiger partial charge in [-0.25, -0.2) is 8.42 Å². The SMILES string of the molecule is O=[N+]([O-])c1cc(Br)ccc1S(=O)(=O)CCCl. The average Bonchev–Trinajstić information content (AvgIpc) is 2.16. The summed E-state index contributed by atoms with van der Waals surface area (Å²) in [4.78, 5) is 9.68. The summed E-state index contributed by atoms with van der Waals surface area (Å²) in [6, 6.07) is 3.79. The summed E-state index contributed by atoms with van der Waals surface area (Å²) in [5.41, 5.74) is -0.445. The van der Waals surface area contributed by atoms with Gasteiger partial charge in [0.05, 0.1) is 10.7 Å². The highest BCUT2D eigenvalue weighted by atomic mass is 79.9. The molecule has 16 heavy (non-hydrogen) atoms. The van der Waals surface area contributed by atoms with Crippen molar-refractivity contribution in [3.8, 4) is 0 Å². The lowest BCUT2D eigenvalue weighted by Gasteiger charge is -2.03. The highest BCUT2D eigenvalue weighted by Crippen LogP contribution is 2.28. The van der Waals surface area contributed by atoms with Crippen molar-refractivity contribution in [3.63, 3.8) is 0 Å². The molecule has 8 heteroatoms. The maximum atomic E-state index is 11.7. The molecule has 0 atom stereocenters. The Bertz CT molecular complexity index is 517. The zero-order valence-corrected chi connectivity index (χ0v) is 11.0. The Hall–Kier alpha value is -0.660. The number of halogens is 2. The molecule has 0 bridgehead atoms. The fourth-order valence-electron chi connectivity index (χ4n) is 1.11. The van der Waals surface area contributed by atoms with E-state index in [1.165, 1.54) is 12.1 Å². The van der Waals surface area contributed by atoms with Gasteiger partial charge in [0.2, 0.25) is 0 Å².